The van der Waals surface area contributed by atoms with E-state index in [1.807, 2.05) is 38.1 Å². The first kappa shape index (κ1) is 13.6. The molecular weight excluding hydrogens is 216 g/mol. The standard InChI is InChI=1S/C14H20O3/c1-10(2)13(14(15)17-4)9-11-6-5-7-12(8-11)16-3/h5-8,10,13H,9H2,1-4H3. The van der Waals surface area contributed by atoms with Crippen LogP contribution in [0, 0.1) is 11.8 Å². The predicted octanol–water partition coefficient (Wildman–Crippen LogP) is 2.68. The van der Waals surface area contributed by atoms with Crippen LogP contribution in [-0.2, 0) is 16.0 Å². The van der Waals surface area contributed by atoms with Gasteiger partial charge in [-0.3, -0.25) is 4.79 Å². The summed E-state index contributed by atoms with van der Waals surface area (Å²) in [6, 6.07) is 7.79. The Balaban J connectivity index is 2.82. The van der Waals surface area contributed by atoms with E-state index in [9.17, 15) is 4.79 Å². The van der Waals surface area contributed by atoms with Gasteiger partial charge in [0.15, 0.2) is 0 Å². The van der Waals surface area contributed by atoms with Crippen molar-refractivity contribution in [1.29, 1.82) is 0 Å². The third-order valence-electron chi connectivity index (χ3n) is 2.90. The molecule has 0 amide bonds. The average molecular weight is 236 g/mol. The molecule has 1 rings (SSSR count). The summed E-state index contributed by atoms with van der Waals surface area (Å²) in [5, 5.41) is 0. The van der Waals surface area contributed by atoms with E-state index < -0.39 is 0 Å². The largest absolute Gasteiger partial charge is 0.497 e. The zero-order valence-corrected chi connectivity index (χ0v) is 10.9. The lowest BCUT2D eigenvalue weighted by Crippen LogP contribution is -2.23. The maximum Gasteiger partial charge on any atom is 0.309 e. The molecule has 0 N–H and O–H groups in total. The number of esters is 1. The second-order valence-electron chi connectivity index (χ2n) is 4.43. The maximum absolute atomic E-state index is 11.7. The quantitative estimate of drug-likeness (QED) is 0.737. The second kappa shape index (κ2) is 6.28. The van der Waals surface area contributed by atoms with E-state index in [-0.39, 0.29) is 17.8 Å². The van der Waals surface area contributed by atoms with Crippen molar-refractivity contribution >= 4 is 5.97 Å². The van der Waals surface area contributed by atoms with E-state index in [4.69, 9.17) is 9.47 Å². The first-order valence-corrected chi connectivity index (χ1v) is 5.79. The van der Waals surface area contributed by atoms with Crippen molar-refractivity contribution in [3.05, 3.63) is 29.8 Å². The van der Waals surface area contributed by atoms with Crippen molar-refractivity contribution in [1.82, 2.24) is 0 Å². The lowest BCUT2D eigenvalue weighted by molar-refractivity contribution is -0.146. The van der Waals surface area contributed by atoms with Crippen LogP contribution >= 0.6 is 0 Å². The van der Waals surface area contributed by atoms with E-state index in [0.717, 1.165) is 11.3 Å². The van der Waals surface area contributed by atoms with E-state index in [1.54, 1.807) is 7.11 Å². The fourth-order valence-corrected chi connectivity index (χ4v) is 1.80. The molecule has 0 fully saturated rings. The first-order chi connectivity index (χ1) is 8.08. The Morgan fingerprint density at radius 2 is 2.00 bits per heavy atom. The second-order valence-corrected chi connectivity index (χ2v) is 4.43. The monoisotopic (exact) mass is 236 g/mol. The fraction of sp³-hybridized carbons (Fsp3) is 0.500. The van der Waals surface area contributed by atoms with Gasteiger partial charge in [0.2, 0.25) is 0 Å². The van der Waals surface area contributed by atoms with E-state index in [2.05, 4.69) is 0 Å². The van der Waals surface area contributed by atoms with Gasteiger partial charge in [-0.05, 0) is 30.0 Å². The lowest BCUT2D eigenvalue weighted by Gasteiger charge is -2.18. The molecule has 0 saturated carbocycles. The van der Waals surface area contributed by atoms with Gasteiger partial charge in [-0.25, -0.2) is 0 Å². The average Bonchev–Trinajstić information content (AvgIpc) is 2.35. The molecule has 0 bridgehead atoms. The molecule has 0 heterocycles. The minimum absolute atomic E-state index is 0.105. The summed E-state index contributed by atoms with van der Waals surface area (Å²) in [5.41, 5.74) is 1.09. The number of hydrogen-bond acceptors (Lipinski definition) is 3. The highest BCUT2D eigenvalue weighted by molar-refractivity contribution is 5.73. The van der Waals surface area contributed by atoms with Crippen LogP contribution in [0.5, 0.6) is 5.75 Å². The number of methoxy groups -OCH3 is 2. The minimum Gasteiger partial charge on any atom is -0.497 e. The van der Waals surface area contributed by atoms with Crippen molar-refractivity contribution in [3.63, 3.8) is 0 Å². The van der Waals surface area contributed by atoms with Crippen LogP contribution in [0.4, 0.5) is 0 Å². The molecule has 1 aromatic rings. The highest BCUT2D eigenvalue weighted by Crippen LogP contribution is 2.21. The van der Waals surface area contributed by atoms with Crippen molar-refractivity contribution in [2.45, 2.75) is 20.3 Å². The Kier molecular flexibility index (Phi) is 5.01. The molecule has 0 aliphatic heterocycles. The van der Waals surface area contributed by atoms with Crippen LogP contribution in [0.1, 0.15) is 19.4 Å². The third-order valence-corrected chi connectivity index (χ3v) is 2.90. The molecule has 94 valence electrons. The van der Waals surface area contributed by atoms with Crippen LogP contribution < -0.4 is 4.74 Å². The van der Waals surface area contributed by atoms with Gasteiger partial charge in [-0.1, -0.05) is 26.0 Å². The molecule has 0 aromatic heterocycles. The Labute approximate surface area is 103 Å². The van der Waals surface area contributed by atoms with Gasteiger partial charge < -0.3 is 9.47 Å². The van der Waals surface area contributed by atoms with Gasteiger partial charge in [0.25, 0.3) is 0 Å². The number of carbonyl (C=O) groups is 1. The molecule has 0 radical (unpaired) electrons. The van der Waals surface area contributed by atoms with Gasteiger partial charge in [0, 0.05) is 0 Å². The molecular formula is C14H20O3. The van der Waals surface area contributed by atoms with E-state index >= 15 is 0 Å². The SMILES string of the molecule is COC(=O)C(Cc1cccc(OC)c1)C(C)C. The first-order valence-electron chi connectivity index (χ1n) is 5.79. The van der Waals surface area contributed by atoms with E-state index in [1.165, 1.54) is 7.11 Å². The summed E-state index contributed by atoms with van der Waals surface area (Å²) < 4.78 is 10.00. The summed E-state index contributed by atoms with van der Waals surface area (Å²) in [6.45, 7) is 4.06. The van der Waals surface area contributed by atoms with Crippen molar-refractivity contribution in [3.8, 4) is 5.75 Å². The molecule has 0 aliphatic rings. The van der Waals surface area contributed by atoms with Crippen molar-refractivity contribution in [2.75, 3.05) is 14.2 Å². The summed E-state index contributed by atoms with van der Waals surface area (Å²) in [7, 11) is 3.07. The molecule has 0 aliphatic carbocycles. The fourth-order valence-electron chi connectivity index (χ4n) is 1.80. The highest BCUT2D eigenvalue weighted by Gasteiger charge is 2.23. The number of ether oxygens (including phenoxy) is 2. The lowest BCUT2D eigenvalue weighted by atomic mass is 9.89. The van der Waals surface area contributed by atoms with Crippen LogP contribution in [0.2, 0.25) is 0 Å². The molecule has 1 unspecified atom stereocenters. The van der Waals surface area contributed by atoms with Crippen molar-refractivity contribution in [2.24, 2.45) is 11.8 Å². The highest BCUT2D eigenvalue weighted by atomic mass is 16.5. The van der Waals surface area contributed by atoms with Crippen LogP contribution in [-0.4, -0.2) is 20.2 Å². The van der Waals surface area contributed by atoms with Crippen LogP contribution in [0.3, 0.4) is 0 Å². The number of benzene rings is 1. The summed E-state index contributed by atoms with van der Waals surface area (Å²) >= 11 is 0. The summed E-state index contributed by atoms with van der Waals surface area (Å²) in [4.78, 5) is 11.7. The molecule has 1 atom stereocenters. The van der Waals surface area contributed by atoms with Crippen LogP contribution in [0.25, 0.3) is 0 Å². The number of carbonyl (C=O) groups excluding carboxylic acids is 1. The number of hydrogen-bond donors (Lipinski definition) is 0. The topological polar surface area (TPSA) is 35.5 Å². The minimum atomic E-state index is -0.150. The van der Waals surface area contributed by atoms with Gasteiger partial charge >= 0.3 is 5.97 Å². The smallest absolute Gasteiger partial charge is 0.309 e. The normalized spacial score (nSPS) is 12.3. The maximum atomic E-state index is 11.7. The number of rotatable bonds is 5. The zero-order valence-electron chi connectivity index (χ0n) is 10.9. The molecule has 3 nitrogen and oxygen atoms in total. The molecule has 1 aromatic carbocycles. The predicted molar refractivity (Wildman–Crippen MR) is 67.0 cm³/mol. The Bertz CT molecular complexity index is 371. The molecule has 0 spiro atoms. The molecule has 17 heavy (non-hydrogen) atoms. The van der Waals surface area contributed by atoms with Gasteiger partial charge in [-0.15, -0.1) is 0 Å². The van der Waals surface area contributed by atoms with Gasteiger partial charge in [0.05, 0.1) is 20.1 Å². The van der Waals surface area contributed by atoms with Crippen LogP contribution in [0.15, 0.2) is 24.3 Å². The van der Waals surface area contributed by atoms with Crippen molar-refractivity contribution < 1.29 is 14.3 Å². The Morgan fingerprint density at radius 1 is 1.29 bits per heavy atom. The van der Waals surface area contributed by atoms with Gasteiger partial charge in [0.1, 0.15) is 5.75 Å². The van der Waals surface area contributed by atoms with Gasteiger partial charge in [-0.2, -0.15) is 0 Å². The van der Waals surface area contributed by atoms with E-state index in [0.29, 0.717) is 6.42 Å². The summed E-state index contributed by atoms with van der Waals surface area (Å²) in [5.74, 6) is 0.818. The molecule has 3 heteroatoms. The Morgan fingerprint density at radius 3 is 2.53 bits per heavy atom. The third kappa shape index (κ3) is 3.77. The zero-order chi connectivity index (χ0) is 12.8. The summed E-state index contributed by atoms with van der Waals surface area (Å²) in [6.07, 6.45) is 0.682. The Hall–Kier alpha value is -1.51. The molecule has 0 saturated heterocycles.